The van der Waals surface area contributed by atoms with Crippen molar-refractivity contribution in [2.24, 2.45) is 0 Å². The van der Waals surface area contributed by atoms with Crippen LogP contribution in [0.2, 0.25) is 0 Å². The number of rotatable bonds is 16. The summed E-state index contributed by atoms with van der Waals surface area (Å²) in [6.45, 7) is 2.65. The van der Waals surface area contributed by atoms with E-state index in [-0.39, 0.29) is 5.75 Å². The number of hydrogen-bond acceptors (Lipinski definition) is 4. The van der Waals surface area contributed by atoms with Crippen LogP contribution in [0.1, 0.15) is 96.8 Å². The lowest BCUT2D eigenvalue weighted by Crippen LogP contribution is -2.36. The minimum atomic E-state index is -3.14. The number of alkyl carbamates (subject to hydrolysis) is 1. The van der Waals surface area contributed by atoms with Gasteiger partial charge in [-0.1, -0.05) is 90.4 Å². The molecule has 158 valence electrons. The molecule has 1 unspecified atom stereocenters. The third kappa shape index (κ3) is 13.7. The predicted molar refractivity (Wildman–Crippen MR) is 112 cm³/mol. The zero-order valence-electron chi connectivity index (χ0n) is 17.1. The van der Waals surface area contributed by atoms with Crippen molar-refractivity contribution in [1.29, 1.82) is 0 Å². The Hall–Kier alpha value is -1.04. The third-order valence-corrected chi connectivity index (χ3v) is 6.36. The molecule has 0 saturated heterocycles. The van der Waals surface area contributed by atoms with E-state index < -0.39 is 22.0 Å². The average molecular weight is 402 g/mol. The van der Waals surface area contributed by atoms with E-state index in [1.54, 1.807) is 0 Å². The van der Waals surface area contributed by atoms with Crippen LogP contribution in [0, 0.1) is 0 Å². The summed E-state index contributed by atoms with van der Waals surface area (Å²) < 4.78 is 27.6. The fourth-order valence-corrected chi connectivity index (χ4v) is 4.56. The SMILES string of the molecule is CCCCCCCCCCCCCCCCOC(=O)NC1C=CS(=O)(=O)C1. The molecule has 0 fully saturated rings. The monoisotopic (exact) mass is 401 g/mol. The highest BCUT2D eigenvalue weighted by Crippen LogP contribution is 2.13. The number of carbonyl (C=O) groups excluding carboxylic acids is 1. The molecule has 1 atom stereocenters. The topological polar surface area (TPSA) is 72.5 Å². The van der Waals surface area contributed by atoms with Gasteiger partial charge in [0.2, 0.25) is 0 Å². The minimum Gasteiger partial charge on any atom is -0.450 e. The van der Waals surface area contributed by atoms with E-state index >= 15 is 0 Å². The first-order valence-corrected chi connectivity index (χ1v) is 12.6. The lowest BCUT2D eigenvalue weighted by Gasteiger charge is -2.10. The van der Waals surface area contributed by atoms with E-state index in [2.05, 4.69) is 12.2 Å². The van der Waals surface area contributed by atoms with Crippen molar-refractivity contribution in [3.05, 3.63) is 11.5 Å². The second kappa shape index (κ2) is 14.9. The number of unbranched alkanes of at least 4 members (excludes halogenated alkanes) is 13. The number of amides is 1. The summed E-state index contributed by atoms with van der Waals surface area (Å²) in [7, 11) is -3.14. The van der Waals surface area contributed by atoms with Gasteiger partial charge in [-0.15, -0.1) is 0 Å². The van der Waals surface area contributed by atoms with Crippen LogP contribution in [0.3, 0.4) is 0 Å². The molecule has 0 aromatic heterocycles. The number of carbonyl (C=O) groups is 1. The molecule has 1 amide bonds. The largest absolute Gasteiger partial charge is 0.450 e. The maximum absolute atomic E-state index is 11.6. The first kappa shape index (κ1) is 24.0. The van der Waals surface area contributed by atoms with Crippen molar-refractivity contribution in [3.63, 3.8) is 0 Å². The van der Waals surface area contributed by atoms with Crippen molar-refractivity contribution in [3.8, 4) is 0 Å². The molecular formula is C21H39NO4S. The van der Waals surface area contributed by atoms with Gasteiger partial charge in [0, 0.05) is 5.41 Å². The van der Waals surface area contributed by atoms with Crippen LogP contribution in [0.15, 0.2) is 11.5 Å². The van der Waals surface area contributed by atoms with Gasteiger partial charge in [-0.2, -0.15) is 0 Å². The van der Waals surface area contributed by atoms with E-state index in [0.29, 0.717) is 6.61 Å². The molecular weight excluding hydrogens is 362 g/mol. The first-order chi connectivity index (χ1) is 13.0. The Bertz CT molecular complexity index is 516. The van der Waals surface area contributed by atoms with Gasteiger partial charge in [0.05, 0.1) is 18.4 Å². The lowest BCUT2D eigenvalue weighted by atomic mass is 10.0. The van der Waals surface area contributed by atoms with Crippen LogP contribution in [-0.4, -0.2) is 32.9 Å². The molecule has 1 heterocycles. The standard InChI is InChI=1S/C21H39NO4S/c1-2-3-4-5-6-7-8-9-10-11-12-13-14-15-17-26-21(23)22-20-16-18-27(24,25)19-20/h16,18,20H,2-15,17,19H2,1H3,(H,22,23). The third-order valence-electron chi connectivity index (χ3n) is 4.96. The highest BCUT2D eigenvalue weighted by molar-refractivity contribution is 7.94. The zero-order chi connectivity index (χ0) is 19.8. The number of ether oxygens (including phenoxy) is 1. The molecule has 0 radical (unpaired) electrons. The Morgan fingerprint density at radius 2 is 1.37 bits per heavy atom. The maximum Gasteiger partial charge on any atom is 0.407 e. The fraction of sp³-hybridized carbons (Fsp3) is 0.857. The second-order valence-electron chi connectivity index (χ2n) is 7.64. The van der Waals surface area contributed by atoms with E-state index in [4.69, 9.17) is 4.74 Å². The van der Waals surface area contributed by atoms with Crippen molar-refractivity contribution in [2.75, 3.05) is 12.4 Å². The van der Waals surface area contributed by atoms with Crippen molar-refractivity contribution in [1.82, 2.24) is 5.32 Å². The smallest absolute Gasteiger partial charge is 0.407 e. The van der Waals surface area contributed by atoms with Crippen molar-refractivity contribution < 1.29 is 17.9 Å². The van der Waals surface area contributed by atoms with Gasteiger partial charge in [-0.3, -0.25) is 0 Å². The van der Waals surface area contributed by atoms with E-state index in [1.165, 1.54) is 83.1 Å². The molecule has 27 heavy (non-hydrogen) atoms. The zero-order valence-corrected chi connectivity index (χ0v) is 17.9. The van der Waals surface area contributed by atoms with Crippen LogP contribution in [0.4, 0.5) is 4.79 Å². The Morgan fingerprint density at radius 3 is 1.81 bits per heavy atom. The van der Waals surface area contributed by atoms with Gasteiger partial charge in [0.1, 0.15) is 0 Å². The molecule has 0 aliphatic carbocycles. The molecule has 0 saturated carbocycles. The van der Waals surface area contributed by atoms with Crippen molar-refractivity contribution in [2.45, 2.75) is 103 Å². The molecule has 0 spiro atoms. The van der Waals surface area contributed by atoms with Crippen LogP contribution in [0.5, 0.6) is 0 Å². The molecule has 1 aliphatic heterocycles. The first-order valence-electron chi connectivity index (χ1n) is 10.9. The van der Waals surface area contributed by atoms with Gasteiger partial charge in [-0.25, -0.2) is 13.2 Å². The summed E-state index contributed by atoms with van der Waals surface area (Å²) >= 11 is 0. The minimum absolute atomic E-state index is 0.0685. The maximum atomic E-state index is 11.6. The summed E-state index contributed by atoms with van der Waals surface area (Å²) in [5.41, 5.74) is 0. The van der Waals surface area contributed by atoms with Gasteiger partial charge < -0.3 is 10.1 Å². The summed E-state index contributed by atoms with van der Waals surface area (Å²) in [5.74, 6) is -0.0685. The fourth-order valence-electron chi connectivity index (χ4n) is 3.32. The Kier molecular flexibility index (Phi) is 13.3. The molecule has 0 aromatic rings. The molecule has 0 aromatic carbocycles. The molecule has 1 rings (SSSR count). The van der Waals surface area contributed by atoms with Gasteiger partial charge in [0.15, 0.2) is 9.84 Å². The molecule has 6 heteroatoms. The van der Waals surface area contributed by atoms with Crippen LogP contribution < -0.4 is 5.32 Å². The molecule has 5 nitrogen and oxygen atoms in total. The van der Waals surface area contributed by atoms with Gasteiger partial charge >= 0.3 is 6.09 Å². The number of hydrogen-bond donors (Lipinski definition) is 1. The summed E-state index contributed by atoms with van der Waals surface area (Å²) in [6, 6.07) is -0.459. The van der Waals surface area contributed by atoms with Crippen LogP contribution >= 0.6 is 0 Å². The van der Waals surface area contributed by atoms with E-state index in [0.717, 1.165) is 18.2 Å². The van der Waals surface area contributed by atoms with Gasteiger partial charge in [-0.05, 0) is 12.5 Å². The Balaban J connectivity index is 1.79. The van der Waals surface area contributed by atoms with Crippen molar-refractivity contribution >= 4 is 15.9 Å². The number of sulfone groups is 1. The quantitative estimate of drug-likeness (QED) is 0.346. The lowest BCUT2D eigenvalue weighted by molar-refractivity contribution is 0.142. The van der Waals surface area contributed by atoms with Gasteiger partial charge in [0.25, 0.3) is 0 Å². The predicted octanol–water partition coefficient (Wildman–Crippen LogP) is 5.50. The Morgan fingerprint density at radius 1 is 0.889 bits per heavy atom. The molecule has 1 aliphatic rings. The summed E-state index contributed by atoms with van der Waals surface area (Å²) in [6.07, 6.45) is 19.0. The normalized spacial score (nSPS) is 17.9. The van der Waals surface area contributed by atoms with Crippen LogP contribution in [0.25, 0.3) is 0 Å². The number of nitrogens with one attached hydrogen (secondary N) is 1. The highest BCUT2D eigenvalue weighted by atomic mass is 32.2. The summed E-state index contributed by atoms with van der Waals surface area (Å²) in [4.78, 5) is 11.6. The van der Waals surface area contributed by atoms with E-state index in [1.807, 2.05) is 0 Å². The van der Waals surface area contributed by atoms with Crippen LogP contribution in [-0.2, 0) is 14.6 Å². The Labute approximate surface area is 166 Å². The average Bonchev–Trinajstić information content (AvgIpc) is 2.96. The summed E-state index contributed by atoms with van der Waals surface area (Å²) in [5, 5.41) is 3.70. The molecule has 1 N–H and O–H groups in total. The second-order valence-corrected chi connectivity index (χ2v) is 9.57. The molecule has 0 bridgehead atoms. The van der Waals surface area contributed by atoms with E-state index in [9.17, 15) is 13.2 Å². The highest BCUT2D eigenvalue weighted by Gasteiger charge is 2.23.